The minimum Gasteiger partial charge on any atom is -0.284 e. The van der Waals surface area contributed by atoms with E-state index >= 15 is 0 Å². The SMILES string of the molecule is O=[N+]([O-])c1cnc2cncn2c1. The van der Waals surface area contributed by atoms with E-state index in [0.717, 1.165) is 0 Å². The lowest BCUT2D eigenvalue weighted by molar-refractivity contribution is -0.385. The Bertz CT molecular complexity index is 436. The molecule has 0 saturated heterocycles. The number of fused-ring (bicyclic) bond motifs is 1. The number of rotatable bonds is 1. The van der Waals surface area contributed by atoms with Crippen molar-refractivity contribution in [3.63, 3.8) is 0 Å². The first-order valence-corrected chi connectivity index (χ1v) is 3.19. The van der Waals surface area contributed by atoms with Gasteiger partial charge >= 0.3 is 5.69 Å². The van der Waals surface area contributed by atoms with E-state index in [0.29, 0.717) is 5.65 Å². The molecular weight excluding hydrogens is 160 g/mol. The Kier molecular flexibility index (Phi) is 1.26. The number of aromatic nitrogens is 3. The minimum atomic E-state index is -0.494. The van der Waals surface area contributed by atoms with E-state index in [-0.39, 0.29) is 5.69 Å². The quantitative estimate of drug-likeness (QED) is 0.457. The lowest BCUT2D eigenvalue weighted by Crippen LogP contribution is -1.92. The Morgan fingerprint density at radius 3 is 3.08 bits per heavy atom. The zero-order valence-electron chi connectivity index (χ0n) is 5.91. The van der Waals surface area contributed by atoms with Crippen LogP contribution in [0.2, 0.25) is 0 Å². The van der Waals surface area contributed by atoms with Crippen molar-refractivity contribution < 1.29 is 4.92 Å². The number of hydrogen-bond donors (Lipinski definition) is 0. The normalized spacial score (nSPS) is 10.3. The molecule has 0 bridgehead atoms. The van der Waals surface area contributed by atoms with Gasteiger partial charge in [0, 0.05) is 0 Å². The van der Waals surface area contributed by atoms with Crippen LogP contribution in [0, 0.1) is 10.1 Å². The van der Waals surface area contributed by atoms with E-state index in [1.165, 1.54) is 29.3 Å². The zero-order chi connectivity index (χ0) is 8.55. The second-order valence-electron chi connectivity index (χ2n) is 2.23. The smallest absolute Gasteiger partial charge is 0.284 e. The molecule has 0 amide bonds. The molecule has 0 aliphatic rings. The Morgan fingerprint density at radius 1 is 1.50 bits per heavy atom. The lowest BCUT2D eigenvalue weighted by Gasteiger charge is -1.91. The van der Waals surface area contributed by atoms with Gasteiger partial charge in [-0.3, -0.25) is 14.5 Å². The molecule has 0 radical (unpaired) electrons. The maximum Gasteiger partial charge on any atom is 0.304 e. The summed E-state index contributed by atoms with van der Waals surface area (Å²) in [6.45, 7) is 0. The van der Waals surface area contributed by atoms with Gasteiger partial charge in [0.1, 0.15) is 12.5 Å². The molecule has 2 aromatic rings. The molecule has 0 N–H and O–H groups in total. The zero-order valence-corrected chi connectivity index (χ0v) is 5.91. The summed E-state index contributed by atoms with van der Waals surface area (Å²) >= 11 is 0. The highest BCUT2D eigenvalue weighted by molar-refractivity contribution is 5.38. The molecule has 6 nitrogen and oxygen atoms in total. The summed E-state index contributed by atoms with van der Waals surface area (Å²) in [5.74, 6) is 0. The van der Waals surface area contributed by atoms with Crippen molar-refractivity contribution in [3.8, 4) is 0 Å². The average Bonchev–Trinajstić information content (AvgIpc) is 2.49. The monoisotopic (exact) mass is 164 g/mol. The van der Waals surface area contributed by atoms with Gasteiger partial charge in [-0.15, -0.1) is 0 Å². The topological polar surface area (TPSA) is 73.3 Å². The van der Waals surface area contributed by atoms with Crippen LogP contribution in [0.25, 0.3) is 5.65 Å². The average molecular weight is 164 g/mol. The summed E-state index contributed by atoms with van der Waals surface area (Å²) in [6.07, 6.45) is 5.57. The van der Waals surface area contributed by atoms with E-state index in [9.17, 15) is 10.1 Å². The first kappa shape index (κ1) is 6.71. The molecule has 6 heteroatoms. The van der Waals surface area contributed by atoms with Gasteiger partial charge in [0.15, 0.2) is 5.65 Å². The largest absolute Gasteiger partial charge is 0.304 e. The third-order valence-corrected chi connectivity index (χ3v) is 1.46. The summed E-state index contributed by atoms with van der Waals surface area (Å²) in [6, 6.07) is 0. The Morgan fingerprint density at radius 2 is 2.33 bits per heavy atom. The molecule has 0 atom stereocenters. The van der Waals surface area contributed by atoms with Crippen molar-refractivity contribution in [2.24, 2.45) is 0 Å². The van der Waals surface area contributed by atoms with Crippen LogP contribution in [-0.4, -0.2) is 19.3 Å². The standard InChI is InChI=1S/C6H4N4O2/c11-10(12)5-1-8-6-2-7-4-9(6)3-5/h1-4H. The molecule has 0 unspecified atom stereocenters. The second kappa shape index (κ2) is 2.26. The molecule has 0 aromatic carbocycles. The van der Waals surface area contributed by atoms with Crippen LogP contribution in [0.5, 0.6) is 0 Å². The third-order valence-electron chi connectivity index (χ3n) is 1.46. The van der Waals surface area contributed by atoms with Crippen molar-refractivity contribution in [2.45, 2.75) is 0 Å². The Balaban J connectivity index is 2.68. The lowest BCUT2D eigenvalue weighted by atomic mass is 10.5. The van der Waals surface area contributed by atoms with Gasteiger partial charge in [-0.05, 0) is 0 Å². The van der Waals surface area contributed by atoms with Gasteiger partial charge in [0.05, 0.1) is 17.3 Å². The van der Waals surface area contributed by atoms with E-state index < -0.39 is 4.92 Å². The van der Waals surface area contributed by atoms with Gasteiger partial charge in [0.25, 0.3) is 0 Å². The molecule has 60 valence electrons. The molecule has 0 aliphatic carbocycles. The van der Waals surface area contributed by atoms with Crippen LogP contribution >= 0.6 is 0 Å². The van der Waals surface area contributed by atoms with Gasteiger partial charge in [-0.2, -0.15) is 0 Å². The first-order chi connectivity index (χ1) is 5.77. The Hall–Kier alpha value is -1.98. The van der Waals surface area contributed by atoms with Crippen LogP contribution in [-0.2, 0) is 0 Å². The fourth-order valence-electron chi connectivity index (χ4n) is 0.899. The van der Waals surface area contributed by atoms with Crippen LogP contribution in [0.4, 0.5) is 5.69 Å². The van der Waals surface area contributed by atoms with E-state index in [1.807, 2.05) is 0 Å². The van der Waals surface area contributed by atoms with Crippen molar-refractivity contribution in [3.05, 3.63) is 35.0 Å². The predicted octanol–water partition coefficient (Wildman–Crippen LogP) is 0.637. The molecule has 2 aromatic heterocycles. The van der Waals surface area contributed by atoms with Crippen molar-refractivity contribution in [1.29, 1.82) is 0 Å². The van der Waals surface area contributed by atoms with Gasteiger partial charge in [0.2, 0.25) is 0 Å². The molecule has 0 aliphatic heterocycles. The fourth-order valence-corrected chi connectivity index (χ4v) is 0.899. The molecule has 2 heterocycles. The molecule has 0 saturated carbocycles. The second-order valence-corrected chi connectivity index (χ2v) is 2.23. The van der Waals surface area contributed by atoms with E-state index in [4.69, 9.17) is 0 Å². The van der Waals surface area contributed by atoms with Gasteiger partial charge in [-0.25, -0.2) is 9.97 Å². The van der Waals surface area contributed by atoms with Crippen molar-refractivity contribution in [1.82, 2.24) is 14.4 Å². The maximum atomic E-state index is 10.3. The summed E-state index contributed by atoms with van der Waals surface area (Å²) in [7, 11) is 0. The summed E-state index contributed by atoms with van der Waals surface area (Å²) in [5.41, 5.74) is 0.557. The number of imidazole rings is 1. The van der Waals surface area contributed by atoms with Crippen LogP contribution in [0.15, 0.2) is 24.9 Å². The molecule has 0 spiro atoms. The van der Waals surface area contributed by atoms with Crippen LogP contribution in [0.1, 0.15) is 0 Å². The molecular formula is C6H4N4O2. The third kappa shape index (κ3) is 0.895. The Labute approximate surface area is 66.6 Å². The van der Waals surface area contributed by atoms with Crippen molar-refractivity contribution in [2.75, 3.05) is 0 Å². The summed E-state index contributed by atoms with van der Waals surface area (Å²) in [4.78, 5) is 17.4. The summed E-state index contributed by atoms with van der Waals surface area (Å²) < 4.78 is 1.50. The molecule has 2 rings (SSSR count). The first-order valence-electron chi connectivity index (χ1n) is 3.19. The summed E-state index contributed by atoms with van der Waals surface area (Å²) in [5, 5.41) is 10.3. The van der Waals surface area contributed by atoms with E-state index in [2.05, 4.69) is 9.97 Å². The highest BCUT2D eigenvalue weighted by Gasteiger charge is 2.06. The van der Waals surface area contributed by atoms with E-state index in [1.54, 1.807) is 0 Å². The van der Waals surface area contributed by atoms with Crippen LogP contribution < -0.4 is 0 Å². The van der Waals surface area contributed by atoms with Crippen LogP contribution in [0.3, 0.4) is 0 Å². The van der Waals surface area contributed by atoms with Crippen molar-refractivity contribution >= 4 is 11.3 Å². The maximum absolute atomic E-state index is 10.3. The molecule has 12 heavy (non-hydrogen) atoms. The van der Waals surface area contributed by atoms with Gasteiger partial charge in [-0.1, -0.05) is 0 Å². The molecule has 0 fully saturated rings. The van der Waals surface area contributed by atoms with Gasteiger partial charge < -0.3 is 0 Å². The number of nitrogens with zero attached hydrogens (tertiary/aromatic N) is 4. The highest BCUT2D eigenvalue weighted by Crippen LogP contribution is 2.08. The number of nitro groups is 1. The highest BCUT2D eigenvalue weighted by atomic mass is 16.6. The fraction of sp³-hybridized carbons (Fsp3) is 0. The number of hydrogen-bond acceptors (Lipinski definition) is 4. The minimum absolute atomic E-state index is 0.0412. The predicted molar refractivity (Wildman–Crippen MR) is 39.6 cm³/mol.